The van der Waals surface area contributed by atoms with E-state index in [4.69, 9.17) is 0 Å². The third-order valence-corrected chi connectivity index (χ3v) is 4.42. The van der Waals surface area contributed by atoms with E-state index in [2.05, 4.69) is 6.92 Å². The van der Waals surface area contributed by atoms with Gasteiger partial charge in [0.25, 0.3) is 0 Å². The number of hydrogen-bond acceptors (Lipinski definition) is 4. The molecule has 0 aliphatic carbocycles. The highest BCUT2D eigenvalue weighted by molar-refractivity contribution is 7.91. The van der Waals surface area contributed by atoms with Gasteiger partial charge in [-0.05, 0) is 20.0 Å². The monoisotopic (exact) mass is 221 g/mol. The highest BCUT2D eigenvalue weighted by Gasteiger charge is 2.38. The maximum Gasteiger partial charge on any atom is 0.154 e. The fourth-order valence-electron chi connectivity index (χ4n) is 1.80. The second-order valence-electron chi connectivity index (χ2n) is 4.05. The zero-order valence-corrected chi connectivity index (χ0v) is 9.63. The van der Waals surface area contributed by atoms with Crippen LogP contribution < -0.4 is 0 Å². The number of aliphatic hydroxyl groups excluding tert-OH is 1. The van der Waals surface area contributed by atoms with Gasteiger partial charge in [-0.15, -0.1) is 0 Å². The maximum atomic E-state index is 11.2. The molecule has 5 heteroatoms. The summed E-state index contributed by atoms with van der Waals surface area (Å²) in [7, 11) is -1.13. The van der Waals surface area contributed by atoms with Gasteiger partial charge in [0, 0.05) is 0 Å². The van der Waals surface area contributed by atoms with Crippen molar-refractivity contribution in [2.45, 2.75) is 31.9 Å². The van der Waals surface area contributed by atoms with Gasteiger partial charge in [0.2, 0.25) is 0 Å². The largest absolute Gasteiger partial charge is 0.390 e. The molecule has 2 atom stereocenters. The molecule has 0 spiro atoms. The van der Waals surface area contributed by atoms with Gasteiger partial charge in [-0.1, -0.05) is 13.3 Å². The van der Waals surface area contributed by atoms with Gasteiger partial charge in [0.15, 0.2) is 9.84 Å². The molecular formula is C9H19NO3S. The van der Waals surface area contributed by atoms with Crippen molar-refractivity contribution in [3.8, 4) is 0 Å². The van der Waals surface area contributed by atoms with Crippen LogP contribution in [0, 0.1) is 0 Å². The molecule has 0 unspecified atom stereocenters. The van der Waals surface area contributed by atoms with Crippen LogP contribution in [-0.4, -0.2) is 55.7 Å². The van der Waals surface area contributed by atoms with Crippen molar-refractivity contribution in [1.29, 1.82) is 0 Å². The van der Waals surface area contributed by atoms with Crippen molar-refractivity contribution in [1.82, 2.24) is 4.90 Å². The predicted molar refractivity (Wildman–Crippen MR) is 56.0 cm³/mol. The number of nitrogens with zero attached hydrogens (tertiary/aromatic N) is 1. The highest BCUT2D eigenvalue weighted by Crippen LogP contribution is 2.17. The first-order chi connectivity index (χ1) is 6.46. The summed E-state index contributed by atoms with van der Waals surface area (Å²) >= 11 is 0. The molecule has 0 aromatic carbocycles. The molecule has 1 saturated heterocycles. The first-order valence-corrected chi connectivity index (χ1v) is 6.87. The number of rotatable bonds is 4. The number of sulfone groups is 1. The number of unbranched alkanes of at least 4 members (excludes halogenated alkanes) is 1. The first-order valence-electron chi connectivity index (χ1n) is 5.05. The summed E-state index contributed by atoms with van der Waals surface area (Å²) < 4.78 is 22.5. The molecule has 1 N–H and O–H groups in total. The zero-order chi connectivity index (χ0) is 10.8. The van der Waals surface area contributed by atoms with Gasteiger partial charge in [-0.25, -0.2) is 8.42 Å². The van der Waals surface area contributed by atoms with Gasteiger partial charge < -0.3 is 5.11 Å². The molecule has 0 aromatic rings. The molecular weight excluding hydrogens is 202 g/mol. The van der Waals surface area contributed by atoms with Crippen LogP contribution in [0.15, 0.2) is 0 Å². The topological polar surface area (TPSA) is 57.6 Å². The normalized spacial score (nSPS) is 31.1. The van der Waals surface area contributed by atoms with Crippen LogP contribution in [0.3, 0.4) is 0 Å². The fraction of sp³-hybridized carbons (Fsp3) is 1.00. The van der Waals surface area contributed by atoms with E-state index in [-0.39, 0.29) is 17.5 Å². The van der Waals surface area contributed by atoms with Crippen molar-refractivity contribution in [2.24, 2.45) is 0 Å². The van der Waals surface area contributed by atoms with E-state index in [0.29, 0.717) is 0 Å². The van der Waals surface area contributed by atoms with Crippen molar-refractivity contribution < 1.29 is 13.5 Å². The molecule has 4 nitrogen and oxygen atoms in total. The summed E-state index contributed by atoms with van der Waals surface area (Å²) in [5.74, 6) is 0.0303. The van der Waals surface area contributed by atoms with Gasteiger partial charge in [-0.3, -0.25) is 4.90 Å². The molecule has 0 radical (unpaired) electrons. The molecule has 1 heterocycles. The van der Waals surface area contributed by atoms with Crippen LogP contribution >= 0.6 is 0 Å². The summed E-state index contributed by atoms with van der Waals surface area (Å²) in [5, 5.41) is 9.57. The average Bonchev–Trinajstić information content (AvgIpc) is 2.35. The highest BCUT2D eigenvalue weighted by atomic mass is 32.2. The van der Waals surface area contributed by atoms with E-state index in [1.165, 1.54) is 0 Å². The number of hydrogen-bond donors (Lipinski definition) is 1. The Hall–Kier alpha value is -0.130. The standard InChI is InChI=1S/C9H19NO3S/c1-3-4-5-10(2)8-6-14(12,13)7-9(8)11/h8-9,11H,3-7H2,1-2H3/t8-,9+/m0/s1. The van der Waals surface area contributed by atoms with Crippen LogP contribution in [0.1, 0.15) is 19.8 Å². The van der Waals surface area contributed by atoms with E-state index >= 15 is 0 Å². The summed E-state index contributed by atoms with van der Waals surface area (Å²) in [6, 6.07) is -0.202. The molecule has 1 aliphatic rings. The Bertz CT molecular complexity index is 276. The van der Waals surface area contributed by atoms with Crippen LogP contribution in [0.25, 0.3) is 0 Å². The summed E-state index contributed by atoms with van der Waals surface area (Å²) in [5.41, 5.74) is 0. The number of likely N-dealkylation sites (N-methyl/N-ethyl adjacent to an activating group) is 1. The Balaban J connectivity index is 2.52. The lowest BCUT2D eigenvalue weighted by atomic mass is 10.2. The Morgan fingerprint density at radius 2 is 2.07 bits per heavy atom. The second kappa shape index (κ2) is 4.59. The van der Waals surface area contributed by atoms with E-state index in [1.807, 2.05) is 11.9 Å². The molecule has 0 bridgehead atoms. The molecule has 1 fully saturated rings. The van der Waals surface area contributed by atoms with Crippen LogP contribution in [0.5, 0.6) is 0 Å². The molecule has 1 rings (SSSR count). The Kier molecular flexibility index (Phi) is 3.92. The van der Waals surface area contributed by atoms with E-state index in [0.717, 1.165) is 19.4 Å². The SMILES string of the molecule is CCCCN(C)[C@H]1CS(=O)(=O)C[C@H]1O. The van der Waals surface area contributed by atoms with E-state index in [9.17, 15) is 13.5 Å². The third-order valence-electron chi connectivity index (χ3n) is 2.72. The summed E-state index contributed by atoms with van der Waals surface area (Å²) in [4.78, 5) is 1.96. The predicted octanol–water partition coefficient (Wildman–Crippen LogP) is -0.124. The van der Waals surface area contributed by atoms with Crippen LogP contribution in [-0.2, 0) is 9.84 Å². The van der Waals surface area contributed by atoms with Gasteiger partial charge in [0.05, 0.1) is 23.7 Å². The molecule has 1 aliphatic heterocycles. The second-order valence-corrected chi connectivity index (χ2v) is 6.20. The average molecular weight is 221 g/mol. The van der Waals surface area contributed by atoms with Gasteiger partial charge in [0.1, 0.15) is 0 Å². The molecule has 0 saturated carbocycles. The third kappa shape index (κ3) is 2.93. The molecule has 84 valence electrons. The minimum absolute atomic E-state index is 0.0753. The van der Waals surface area contributed by atoms with Crippen molar-refractivity contribution in [3.05, 3.63) is 0 Å². The summed E-state index contributed by atoms with van der Waals surface area (Å²) in [6.07, 6.45) is 1.42. The molecule has 14 heavy (non-hydrogen) atoms. The smallest absolute Gasteiger partial charge is 0.154 e. The van der Waals surface area contributed by atoms with Gasteiger partial charge in [-0.2, -0.15) is 0 Å². The lowest BCUT2D eigenvalue weighted by Gasteiger charge is -2.25. The van der Waals surface area contributed by atoms with Crippen LogP contribution in [0.2, 0.25) is 0 Å². The lowest BCUT2D eigenvalue weighted by Crippen LogP contribution is -2.40. The minimum Gasteiger partial charge on any atom is -0.390 e. The van der Waals surface area contributed by atoms with Crippen molar-refractivity contribution in [3.63, 3.8) is 0 Å². The molecule has 0 amide bonds. The van der Waals surface area contributed by atoms with E-state index < -0.39 is 15.9 Å². The summed E-state index contributed by atoms with van der Waals surface area (Å²) in [6.45, 7) is 2.95. The quantitative estimate of drug-likeness (QED) is 0.719. The maximum absolute atomic E-state index is 11.2. The zero-order valence-electron chi connectivity index (χ0n) is 8.81. The first kappa shape index (κ1) is 11.9. The molecule has 0 aromatic heterocycles. The Morgan fingerprint density at radius 1 is 1.43 bits per heavy atom. The minimum atomic E-state index is -3.01. The van der Waals surface area contributed by atoms with E-state index in [1.54, 1.807) is 0 Å². The fourth-order valence-corrected chi connectivity index (χ4v) is 3.68. The lowest BCUT2D eigenvalue weighted by molar-refractivity contribution is 0.0990. The van der Waals surface area contributed by atoms with Crippen LogP contribution in [0.4, 0.5) is 0 Å². The van der Waals surface area contributed by atoms with Gasteiger partial charge >= 0.3 is 0 Å². The number of aliphatic hydroxyl groups is 1. The van der Waals surface area contributed by atoms with Crippen molar-refractivity contribution >= 4 is 9.84 Å². The Labute approximate surface area is 85.8 Å². The van der Waals surface area contributed by atoms with Crippen molar-refractivity contribution in [2.75, 3.05) is 25.1 Å². The Morgan fingerprint density at radius 3 is 2.50 bits per heavy atom.